The lowest BCUT2D eigenvalue weighted by molar-refractivity contribution is 0.349. The molecule has 1 aromatic carbocycles. The monoisotopic (exact) mass is 293 g/mol. The Morgan fingerprint density at radius 3 is 2.60 bits per heavy atom. The molecule has 1 aromatic rings. The van der Waals surface area contributed by atoms with E-state index < -0.39 is 0 Å². The lowest BCUT2D eigenvalue weighted by atomic mass is 9.69. The average Bonchev–Trinajstić information content (AvgIpc) is 2.33. The third kappa shape index (κ3) is 3.79. The van der Waals surface area contributed by atoms with Gasteiger partial charge in [0.2, 0.25) is 0 Å². The summed E-state index contributed by atoms with van der Waals surface area (Å²) in [5, 5.41) is 0. The van der Waals surface area contributed by atoms with Crippen LogP contribution in [0.25, 0.3) is 0 Å². The predicted octanol–water partition coefficient (Wildman–Crippen LogP) is 5.71. The SMILES string of the molecule is CC1=C(CC(C)c2cccc(N)c2)C(C)(C)CCC1.Cl. The Balaban J connectivity index is 0.00000200. The number of allylic oxidation sites excluding steroid dienone is 2. The van der Waals surface area contributed by atoms with E-state index in [1.165, 1.54) is 31.2 Å². The van der Waals surface area contributed by atoms with Gasteiger partial charge in [-0.15, -0.1) is 12.4 Å². The Hall–Kier alpha value is -0.950. The zero-order valence-corrected chi connectivity index (χ0v) is 14.0. The summed E-state index contributed by atoms with van der Waals surface area (Å²) >= 11 is 0. The summed E-state index contributed by atoms with van der Waals surface area (Å²) in [6.45, 7) is 9.44. The number of benzene rings is 1. The van der Waals surface area contributed by atoms with Gasteiger partial charge in [0.1, 0.15) is 0 Å². The molecule has 1 aliphatic carbocycles. The Morgan fingerprint density at radius 1 is 1.30 bits per heavy atom. The van der Waals surface area contributed by atoms with Crippen LogP contribution < -0.4 is 5.73 Å². The van der Waals surface area contributed by atoms with Gasteiger partial charge >= 0.3 is 0 Å². The normalized spacial score (nSPS) is 19.4. The number of rotatable bonds is 3. The summed E-state index contributed by atoms with van der Waals surface area (Å²) in [7, 11) is 0. The maximum Gasteiger partial charge on any atom is 0.0316 e. The molecular weight excluding hydrogens is 266 g/mol. The highest BCUT2D eigenvalue weighted by Crippen LogP contribution is 2.44. The Morgan fingerprint density at radius 2 is 2.00 bits per heavy atom. The van der Waals surface area contributed by atoms with Crippen LogP contribution in [-0.2, 0) is 0 Å². The smallest absolute Gasteiger partial charge is 0.0316 e. The summed E-state index contributed by atoms with van der Waals surface area (Å²) in [6.07, 6.45) is 5.11. The van der Waals surface area contributed by atoms with Crippen molar-refractivity contribution in [3.8, 4) is 0 Å². The highest BCUT2D eigenvalue weighted by atomic mass is 35.5. The van der Waals surface area contributed by atoms with Gasteiger partial charge in [-0.2, -0.15) is 0 Å². The molecule has 20 heavy (non-hydrogen) atoms. The first kappa shape index (κ1) is 17.1. The van der Waals surface area contributed by atoms with Crippen LogP contribution in [0.1, 0.15) is 64.9 Å². The maximum atomic E-state index is 5.90. The molecule has 2 rings (SSSR count). The van der Waals surface area contributed by atoms with Crippen LogP contribution in [0.4, 0.5) is 5.69 Å². The van der Waals surface area contributed by atoms with Crippen molar-refractivity contribution < 1.29 is 0 Å². The molecule has 0 saturated carbocycles. The second-order valence-electron chi connectivity index (χ2n) is 6.77. The summed E-state index contributed by atoms with van der Waals surface area (Å²) < 4.78 is 0. The van der Waals surface area contributed by atoms with Crippen LogP contribution in [0, 0.1) is 5.41 Å². The molecule has 0 fully saturated rings. The molecule has 1 unspecified atom stereocenters. The minimum absolute atomic E-state index is 0. The quantitative estimate of drug-likeness (QED) is 0.560. The van der Waals surface area contributed by atoms with Crippen LogP contribution in [0.5, 0.6) is 0 Å². The summed E-state index contributed by atoms with van der Waals surface area (Å²) in [5.41, 5.74) is 11.8. The molecule has 112 valence electrons. The molecule has 0 aliphatic heterocycles. The van der Waals surface area contributed by atoms with Gasteiger partial charge in [0.05, 0.1) is 0 Å². The topological polar surface area (TPSA) is 26.0 Å². The van der Waals surface area contributed by atoms with Crippen molar-refractivity contribution in [2.75, 3.05) is 5.73 Å². The van der Waals surface area contributed by atoms with E-state index in [1.54, 1.807) is 11.1 Å². The zero-order chi connectivity index (χ0) is 14.0. The molecular formula is C18H28ClN. The molecule has 0 radical (unpaired) electrons. The zero-order valence-electron chi connectivity index (χ0n) is 13.2. The van der Waals surface area contributed by atoms with E-state index in [2.05, 4.69) is 45.9 Å². The van der Waals surface area contributed by atoms with Crippen LogP contribution in [0.15, 0.2) is 35.4 Å². The number of hydrogen-bond acceptors (Lipinski definition) is 1. The molecule has 0 aromatic heterocycles. The van der Waals surface area contributed by atoms with Crippen molar-refractivity contribution in [3.63, 3.8) is 0 Å². The summed E-state index contributed by atoms with van der Waals surface area (Å²) in [5.74, 6) is 0.547. The first-order valence-corrected chi connectivity index (χ1v) is 7.44. The van der Waals surface area contributed by atoms with Crippen LogP contribution in [0.2, 0.25) is 0 Å². The van der Waals surface area contributed by atoms with E-state index >= 15 is 0 Å². The second kappa shape index (κ2) is 6.67. The van der Waals surface area contributed by atoms with Gasteiger partial charge in [-0.1, -0.05) is 44.1 Å². The lowest BCUT2D eigenvalue weighted by Gasteiger charge is -2.36. The maximum absolute atomic E-state index is 5.90. The summed E-state index contributed by atoms with van der Waals surface area (Å²) in [4.78, 5) is 0. The first-order chi connectivity index (χ1) is 8.90. The Bertz CT molecular complexity index is 488. The van der Waals surface area contributed by atoms with Crippen molar-refractivity contribution in [1.29, 1.82) is 0 Å². The fourth-order valence-corrected chi connectivity index (χ4v) is 3.42. The molecule has 2 N–H and O–H groups in total. The third-order valence-electron chi connectivity index (χ3n) is 4.68. The fraction of sp³-hybridized carbons (Fsp3) is 0.556. The van der Waals surface area contributed by atoms with Crippen LogP contribution >= 0.6 is 12.4 Å². The number of halogens is 1. The largest absolute Gasteiger partial charge is 0.399 e. The number of hydrogen-bond donors (Lipinski definition) is 1. The van der Waals surface area contributed by atoms with Gasteiger partial charge in [-0.25, -0.2) is 0 Å². The highest BCUT2D eigenvalue weighted by molar-refractivity contribution is 5.85. The first-order valence-electron chi connectivity index (χ1n) is 7.44. The van der Waals surface area contributed by atoms with Crippen molar-refractivity contribution in [3.05, 3.63) is 41.0 Å². The van der Waals surface area contributed by atoms with E-state index in [-0.39, 0.29) is 12.4 Å². The molecule has 1 nitrogen and oxygen atoms in total. The number of nitrogen functional groups attached to an aromatic ring is 1. The van der Waals surface area contributed by atoms with Gasteiger partial charge in [0, 0.05) is 5.69 Å². The van der Waals surface area contributed by atoms with Crippen molar-refractivity contribution >= 4 is 18.1 Å². The molecule has 0 amide bonds. The standard InChI is InChI=1S/C18H27N.ClH/c1-13-7-6-10-18(3,4)17(13)11-14(2)15-8-5-9-16(19)12-15;/h5,8-9,12,14H,6-7,10-11,19H2,1-4H3;1H. The van der Waals surface area contributed by atoms with Crippen molar-refractivity contribution in [2.24, 2.45) is 5.41 Å². The highest BCUT2D eigenvalue weighted by Gasteiger charge is 2.29. The molecule has 0 heterocycles. The fourth-order valence-electron chi connectivity index (χ4n) is 3.42. The van der Waals surface area contributed by atoms with E-state index in [0.29, 0.717) is 11.3 Å². The number of nitrogens with two attached hydrogens (primary N) is 1. The van der Waals surface area contributed by atoms with Crippen molar-refractivity contribution in [1.82, 2.24) is 0 Å². The lowest BCUT2D eigenvalue weighted by Crippen LogP contribution is -2.21. The van der Waals surface area contributed by atoms with Gasteiger partial charge in [0.15, 0.2) is 0 Å². The molecule has 2 heteroatoms. The molecule has 0 bridgehead atoms. The van der Waals surface area contributed by atoms with E-state index in [4.69, 9.17) is 5.73 Å². The van der Waals surface area contributed by atoms with E-state index in [0.717, 1.165) is 5.69 Å². The average molecular weight is 294 g/mol. The Labute approximate surface area is 130 Å². The van der Waals surface area contributed by atoms with Crippen LogP contribution in [-0.4, -0.2) is 0 Å². The minimum atomic E-state index is 0. The van der Waals surface area contributed by atoms with E-state index in [1.807, 2.05) is 6.07 Å². The molecule has 1 atom stereocenters. The second-order valence-corrected chi connectivity index (χ2v) is 6.77. The van der Waals surface area contributed by atoms with Crippen LogP contribution in [0.3, 0.4) is 0 Å². The minimum Gasteiger partial charge on any atom is -0.399 e. The van der Waals surface area contributed by atoms with Gasteiger partial charge in [-0.05, 0) is 61.6 Å². The third-order valence-corrected chi connectivity index (χ3v) is 4.68. The molecule has 0 spiro atoms. The van der Waals surface area contributed by atoms with Gasteiger partial charge in [0.25, 0.3) is 0 Å². The number of anilines is 1. The molecule has 1 aliphatic rings. The van der Waals surface area contributed by atoms with Gasteiger partial charge < -0.3 is 5.73 Å². The molecule has 0 saturated heterocycles. The van der Waals surface area contributed by atoms with Gasteiger partial charge in [-0.3, -0.25) is 0 Å². The predicted molar refractivity (Wildman–Crippen MR) is 91.5 cm³/mol. The Kier molecular flexibility index (Phi) is 5.70. The summed E-state index contributed by atoms with van der Waals surface area (Å²) in [6, 6.07) is 8.35. The van der Waals surface area contributed by atoms with E-state index in [9.17, 15) is 0 Å². The van der Waals surface area contributed by atoms with Crippen molar-refractivity contribution in [2.45, 2.75) is 59.3 Å².